The Labute approximate surface area is 174 Å². The zero-order valence-electron chi connectivity index (χ0n) is 15.7. The molecule has 0 radical (unpaired) electrons. The van der Waals surface area contributed by atoms with Crippen molar-refractivity contribution in [1.29, 1.82) is 0 Å². The summed E-state index contributed by atoms with van der Waals surface area (Å²) in [6, 6.07) is 32.2. The Morgan fingerprint density at radius 3 is 1.82 bits per heavy atom. The Hall–Kier alpha value is -2.78. The minimum atomic E-state index is 0.858. The molecule has 0 spiro atoms. The second-order valence-electron chi connectivity index (χ2n) is 6.85. The smallest absolute Gasteiger partial charge is 0.197 e. The number of hydrogen-bond donors (Lipinski definition) is 0. The molecule has 0 fully saturated rings. The molecule has 4 rings (SSSR count). The van der Waals surface area contributed by atoms with Crippen LogP contribution in [0.1, 0.15) is 16.8 Å². The second kappa shape index (κ2) is 8.94. The topological polar surface area (TPSA) is 7.76 Å². The van der Waals surface area contributed by atoms with Crippen molar-refractivity contribution >= 4 is 15.9 Å². The maximum absolute atomic E-state index is 3.57. The molecule has 0 bridgehead atoms. The third-order valence-electron chi connectivity index (χ3n) is 4.91. The molecule has 2 heterocycles. The summed E-state index contributed by atoms with van der Waals surface area (Å²) in [4.78, 5) is 0. The molecule has 2 aromatic carbocycles. The number of halogens is 1. The summed E-state index contributed by atoms with van der Waals surface area (Å²) >= 11 is 3.57. The van der Waals surface area contributed by atoms with Crippen LogP contribution in [0.15, 0.2) is 103 Å². The van der Waals surface area contributed by atoms with Crippen molar-refractivity contribution in [2.75, 3.05) is 0 Å². The Balaban J connectivity index is 1.53. The molecule has 0 atom stereocenters. The number of benzene rings is 2. The van der Waals surface area contributed by atoms with Gasteiger partial charge in [-0.2, -0.15) is 9.13 Å². The summed E-state index contributed by atoms with van der Waals surface area (Å²) in [6.45, 7) is 1.74. The standard InChI is InChI=1S/C25H23BrN2/c26-18-24-10-4-6-16-27(24)19-21-12-14-22(15-13-21)20-28-17-7-5-11-25(28)23-8-2-1-3-9-23/h1-17H,18-20H2/q+2. The van der Waals surface area contributed by atoms with E-state index in [2.05, 4.69) is 128 Å². The molecule has 138 valence electrons. The highest BCUT2D eigenvalue weighted by atomic mass is 79.9. The van der Waals surface area contributed by atoms with Gasteiger partial charge in [0.25, 0.3) is 0 Å². The van der Waals surface area contributed by atoms with E-state index < -0.39 is 0 Å². The molecule has 28 heavy (non-hydrogen) atoms. The lowest BCUT2D eigenvalue weighted by Gasteiger charge is -2.06. The molecule has 0 unspecified atom stereocenters. The molecule has 0 aliphatic rings. The Morgan fingerprint density at radius 1 is 0.571 bits per heavy atom. The third kappa shape index (κ3) is 4.37. The summed E-state index contributed by atoms with van der Waals surface area (Å²) in [5, 5.41) is 0.860. The zero-order chi connectivity index (χ0) is 19.2. The number of aromatic nitrogens is 2. The quantitative estimate of drug-likeness (QED) is 0.303. The maximum Gasteiger partial charge on any atom is 0.212 e. The highest BCUT2D eigenvalue weighted by Crippen LogP contribution is 2.15. The minimum Gasteiger partial charge on any atom is -0.197 e. The van der Waals surface area contributed by atoms with E-state index >= 15 is 0 Å². The van der Waals surface area contributed by atoms with Gasteiger partial charge >= 0.3 is 0 Å². The minimum absolute atomic E-state index is 0.858. The average Bonchev–Trinajstić information content (AvgIpc) is 2.76. The monoisotopic (exact) mass is 430 g/mol. The van der Waals surface area contributed by atoms with E-state index in [9.17, 15) is 0 Å². The molecular formula is C25H23BrN2+2. The van der Waals surface area contributed by atoms with E-state index in [0.29, 0.717) is 0 Å². The van der Waals surface area contributed by atoms with Crippen molar-refractivity contribution in [3.05, 3.63) is 120 Å². The lowest BCUT2D eigenvalue weighted by atomic mass is 10.1. The highest BCUT2D eigenvalue weighted by molar-refractivity contribution is 9.08. The van der Waals surface area contributed by atoms with Crippen LogP contribution in [-0.4, -0.2) is 0 Å². The van der Waals surface area contributed by atoms with Crippen LogP contribution in [0.25, 0.3) is 11.3 Å². The summed E-state index contributed by atoms with van der Waals surface area (Å²) in [5.41, 5.74) is 6.36. The van der Waals surface area contributed by atoms with Gasteiger partial charge in [-0.15, -0.1) is 0 Å². The molecule has 0 aliphatic carbocycles. The van der Waals surface area contributed by atoms with Gasteiger partial charge in [0.2, 0.25) is 5.69 Å². The molecule has 3 heteroatoms. The van der Waals surface area contributed by atoms with Gasteiger partial charge in [-0.05, 0) is 18.2 Å². The summed E-state index contributed by atoms with van der Waals surface area (Å²) in [6.07, 6.45) is 4.29. The molecule has 4 aromatic rings. The van der Waals surface area contributed by atoms with Gasteiger partial charge in [0.1, 0.15) is 0 Å². The third-order valence-corrected chi connectivity index (χ3v) is 5.49. The van der Waals surface area contributed by atoms with Crippen molar-refractivity contribution in [3.8, 4) is 11.3 Å². The predicted octanol–water partition coefficient (Wildman–Crippen LogP) is 4.92. The molecule has 0 N–H and O–H groups in total. The van der Waals surface area contributed by atoms with Crippen molar-refractivity contribution in [2.45, 2.75) is 18.4 Å². The lowest BCUT2D eigenvalue weighted by molar-refractivity contribution is -0.694. The van der Waals surface area contributed by atoms with Crippen LogP contribution in [0.3, 0.4) is 0 Å². The van der Waals surface area contributed by atoms with E-state index in [1.807, 2.05) is 0 Å². The fraction of sp³-hybridized carbons (Fsp3) is 0.120. The number of pyridine rings is 2. The van der Waals surface area contributed by atoms with Crippen LogP contribution in [0, 0.1) is 0 Å². The van der Waals surface area contributed by atoms with Crippen LogP contribution in [-0.2, 0) is 18.4 Å². The zero-order valence-corrected chi connectivity index (χ0v) is 17.3. The van der Waals surface area contributed by atoms with Gasteiger partial charge in [-0.25, -0.2) is 0 Å². The first-order chi connectivity index (χ1) is 13.8. The van der Waals surface area contributed by atoms with Gasteiger partial charge in [-0.1, -0.05) is 64.5 Å². The van der Waals surface area contributed by atoms with Crippen molar-refractivity contribution in [2.24, 2.45) is 0 Å². The van der Waals surface area contributed by atoms with Crippen LogP contribution >= 0.6 is 15.9 Å². The molecule has 2 nitrogen and oxygen atoms in total. The number of rotatable bonds is 6. The van der Waals surface area contributed by atoms with E-state index in [1.54, 1.807) is 0 Å². The van der Waals surface area contributed by atoms with Gasteiger partial charge < -0.3 is 0 Å². The predicted molar refractivity (Wildman–Crippen MR) is 116 cm³/mol. The summed E-state index contributed by atoms with van der Waals surface area (Å²) < 4.78 is 4.59. The molecule has 0 amide bonds. The van der Waals surface area contributed by atoms with Crippen LogP contribution in [0.5, 0.6) is 0 Å². The van der Waals surface area contributed by atoms with E-state index in [1.165, 1.54) is 28.1 Å². The Kier molecular flexibility index (Phi) is 5.93. The first-order valence-electron chi connectivity index (χ1n) is 9.48. The Morgan fingerprint density at radius 2 is 1.14 bits per heavy atom. The summed E-state index contributed by atoms with van der Waals surface area (Å²) in [5.74, 6) is 0. The first kappa shape index (κ1) is 18.6. The fourth-order valence-corrected chi connectivity index (χ4v) is 3.92. The number of alkyl halides is 1. The van der Waals surface area contributed by atoms with E-state index in [0.717, 1.165) is 18.4 Å². The van der Waals surface area contributed by atoms with Crippen LogP contribution in [0.4, 0.5) is 0 Å². The highest BCUT2D eigenvalue weighted by Gasteiger charge is 2.13. The van der Waals surface area contributed by atoms with Gasteiger partial charge in [0.05, 0.1) is 5.33 Å². The SMILES string of the molecule is BrCc1cccc[n+]1Cc1ccc(C[n+]2ccccc2-c2ccccc2)cc1. The van der Waals surface area contributed by atoms with E-state index in [4.69, 9.17) is 0 Å². The fourth-order valence-electron chi connectivity index (χ4n) is 3.42. The largest absolute Gasteiger partial charge is 0.212 e. The maximum atomic E-state index is 3.57. The van der Waals surface area contributed by atoms with Crippen LogP contribution in [0.2, 0.25) is 0 Å². The van der Waals surface area contributed by atoms with Crippen molar-refractivity contribution in [3.63, 3.8) is 0 Å². The number of nitrogens with zero attached hydrogens (tertiary/aromatic N) is 2. The van der Waals surface area contributed by atoms with E-state index in [-0.39, 0.29) is 0 Å². The van der Waals surface area contributed by atoms with Gasteiger partial charge in [0, 0.05) is 41.0 Å². The Bertz CT molecular complexity index is 1040. The molecule has 0 saturated heterocycles. The number of hydrogen-bond acceptors (Lipinski definition) is 0. The molecule has 0 saturated carbocycles. The molecule has 0 aliphatic heterocycles. The van der Waals surface area contributed by atoms with Crippen molar-refractivity contribution < 1.29 is 9.13 Å². The lowest BCUT2D eigenvalue weighted by Crippen LogP contribution is -2.38. The van der Waals surface area contributed by atoms with Gasteiger partial charge in [-0.3, -0.25) is 0 Å². The molecular weight excluding hydrogens is 408 g/mol. The summed E-state index contributed by atoms with van der Waals surface area (Å²) in [7, 11) is 0. The normalized spacial score (nSPS) is 10.8. The first-order valence-corrected chi connectivity index (χ1v) is 10.6. The second-order valence-corrected chi connectivity index (χ2v) is 7.41. The van der Waals surface area contributed by atoms with Crippen LogP contribution < -0.4 is 9.13 Å². The van der Waals surface area contributed by atoms with Gasteiger partial charge in [0.15, 0.2) is 31.2 Å². The molecule has 2 aromatic heterocycles. The van der Waals surface area contributed by atoms with Crippen molar-refractivity contribution in [1.82, 2.24) is 0 Å². The average molecular weight is 431 g/mol.